The normalized spacial score (nSPS) is 11.2. The van der Waals surface area contributed by atoms with E-state index in [1.807, 2.05) is 24.6 Å². The van der Waals surface area contributed by atoms with E-state index >= 15 is 0 Å². The fourth-order valence-electron chi connectivity index (χ4n) is 2.66. The van der Waals surface area contributed by atoms with Gasteiger partial charge in [0.25, 0.3) is 5.56 Å². The van der Waals surface area contributed by atoms with Crippen molar-refractivity contribution in [3.8, 4) is 11.9 Å². The summed E-state index contributed by atoms with van der Waals surface area (Å²) in [5, 5.41) is 32.1. The molecule has 2 rings (SSSR count). The van der Waals surface area contributed by atoms with Crippen LogP contribution in [0.4, 0.5) is 11.5 Å². The lowest BCUT2D eigenvalue weighted by atomic mass is 10.1. The Balaban J connectivity index is 2.50. The maximum absolute atomic E-state index is 12.7. The number of nitriles is 1. The molecular formula is C18H24N6O2. The Morgan fingerprint density at radius 3 is 2.58 bits per heavy atom. The third-order valence-corrected chi connectivity index (χ3v) is 4.16. The molecule has 0 spiro atoms. The van der Waals surface area contributed by atoms with Crippen LogP contribution in [0.15, 0.2) is 21.1 Å². The van der Waals surface area contributed by atoms with Crippen molar-refractivity contribution in [3.63, 3.8) is 0 Å². The molecule has 0 amide bonds. The molecule has 0 saturated carbocycles. The minimum atomic E-state index is -0.457. The molecule has 2 heterocycles. The molecule has 0 unspecified atom stereocenters. The van der Waals surface area contributed by atoms with E-state index in [2.05, 4.69) is 22.3 Å². The summed E-state index contributed by atoms with van der Waals surface area (Å²) in [7, 11) is 0. The minimum Gasteiger partial charge on any atom is -0.493 e. The maximum Gasteiger partial charge on any atom is 0.281 e. The van der Waals surface area contributed by atoms with Crippen LogP contribution in [0.3, 0.4) is 0 Å². The Bertz CT molecular complexity index is 917. The lowest BCUT2D eigenvalue weighted by Crippen LogP contribution is -2.22. The molecule has 0 atom stereocenters. The molecule has 1 N–H and O–H groups in total. The third kappa shape index (κ3) is 3.82. The van der Waals surface area contributed by atoms with Gasteiger partial charge in [0.1, 0.15) is 11.6 Å². The monoisotopic (exact) mass is 356 g/mol. The SMILES string of the molecule is CCCCn1c(O)c(C#N)c(C)c(N=Nc2cc(C)n(CCC)n2)c1=O. The molecule has 2 aromatic heterocycles. The quantitative estimate of drug-likeness (QED) is 0.760. The Morgan fingerprint density at radius 1 is 1.23 bits per heavy atom. The van der Waals surface area contributed by atoms with E-state index in [0.29, 0.717) is 24.3 Å². The number of nitrogens with zero attached hydrogens (tertiary/aromatic N) is 6. The second-order valence-electron chi connectivity index (χ2n) is 6.16. The van der Waals surface area contributed by atoms with Crippen LogP contribution in [-0.2, 0) is 13.1 Å². The van der Waals surface area contributed by atoms with Crippen LogP contribution in [0.25, 0.3) is 0 Å². The van der Waals surface area contributed by atoms with Crippen LogP contribution in [-0.4, -0.2) is 19.5 Å². The van der Waals surface area contributed by atoms with Gasteiger partial charge in [-0.2, -0.15) is 10.4 Å². The molecule has 0 aliphatic rings. The highest BCUT2D eigenvalue weighted by Crippen LogP contribution is 2.27. The topological polar surface area (TPSA) is 109 Å². The molecule has 26 heavy (non-hydrogen) atoms. The summed E-state index contributed by atoms with van der Waals surface area (Å²) in [6, 6.07) is 3.73. The van der Waals surface area contributed by atoms with Crippen molar-refractivity contribution < 1.29 is 5.11 Å². The molecule has 2 aromatic rings. The van der Waals surface area contributed by atoms with Crippen LogP contribution in [0, 0.1) is 25.2 Å². The van der Waals surface area contributed by atoms with Crippen LogP contribution < -0.4 is 5.56 Å². The maximum atomic E-state index is 12.7. The number of unbranched alkanes of at least 4 members (excludes halogenated alkanes) is 1. The van der Waals surface area contributed by atoms with Crippen LogP contribution >= 0.6 is 0 Å². The second kappa shape index (κ2) is 8.43. The summed E-state index contributed by atoms with van der Waals surface area (Å²) in [6.45, 7) is 8.66. The molecule has 8 heteroatoms. The van der Waals surface area contributed by atoms with Crippen molar-refractivity contribution in [3.05, 3.63) is 33.2 Å². The standard InChI is InChI=1S/C18H24N6O2/c1-5-7-9-23-17(25)14(11-19)13(4)16(18(23)26)21-20-15-10-12(3)24(22-15)8-6-2/h10,25H,5-9H2,1-4H3. The van der Waals surface area contributed by atoms with Gasteiger partial charge in [-0.3, -0.25) is 14.0 Å². The van der Waals surface area contributed by atoms with Gasteiger partial charge in [-0.1, -0.05) is 20.3 Å². The zero-order valence-corrected chi connectivity index (χ0v) is 15.7. The van der Waals surface area contributed by atoms with Gasteiger partial charge in [-0.05, 0) is 26.7 Å². The predicted octanol–water partition coefficient (Wildman–Crippen LogP) is 3.86. The van der Waals surface area contributed by atoms with Crippen LogP contribution in [0.5, 0.6) is 5.88 Å². The average molecular weight is 356 g/mol. The second-order valence-corrected chi connectivity index (χ2v) is 6.16. The molecular weight excluding hydrogens is 332 g/mol. The first-order valence-electron chi connectivity index (χ1n) is 8.77. The van der Waals surface area contributed by atoms with Gasteiger partial charge in [0.2, 0.25) is 5.88 Å². The summed E-state index contributed by atoms with van der Waals surface area (Å²) in [4.78, 5) is 12.7. The van der Waals surface area contributed by atoms with E-state index in [9.17, 15) is 15.2 Å². The van der Waals surface area contributed by atoms with Crippen molar-refractivity contribution in [1.82, 2.24) is 14.3 Å². The molecule has 0 radical (unpaired) electrons. The van der Waals surface area contributed by atoms with Gasteiger partial charge in [-0.25, -0.2) is 0 Å². The smallest absolute Gasteiger partial charge is 0.281 e. The summed E-state index contributed by atoms with van der Waals surface area (Å²) < 4.78 is 3.02. The highest BCUT2D eigenvalue weighted by atomic mass is 16.3. The molecule has 0 aliphatic heterocycles. The highest BCUT2D eigenvalue weighted by Gasteiger charge is 2.19. The first-order valence-corrected chi connectivity index (χ1v) is 8.77. The van der Waals surface area contributed by atoms with E-state index in [-0.39, 0.29) is 17.1 Å². The lowest BCUT2D eigenvalue weighted by Gasteiger charge is -2.12. The van der Waals surface area contributed by atoms with Crippen molar-refractivity contribution in [2.24, 2.45) is 10.2 Å². The molecule has 8 nitrogen and oxygen atoms in total. The zero-order valence-electron chi connectivity index (χ0n) is 15.7. The minimum absolute atomic E-state index is 0.0438. The van der Waals surface area contributed by atoms with Crippen molar-refractivity contribution in [2.45, 2.75) is 60.0 Å². The zero-order chi connectivity index (χ0) is 19.3. The number of azo groups is 1. The fourth-order valence-corrected chi connectivity index (χ4v) is 2.66. The first kappa shape index (κ1) is 19.4. The first-order chi connectivity index (χ1) is 12.4. The van der Waals surface area contributed by atoms with E-state index in [0.717, 1.165) is 25.1 Å². The Labute approximate surface area is 152 Å². The van der Waals surface area contributed by atoms with Crippen LogP contribution in [0.2, 0.25) is 0 Å². The largest absolute Gasteiger partial charge is 0.493 e. The van der Waals surface area contributed by atoms with Crippen LogP contribution in [0.1, 0.15) is 49.9 Å². The predicted molar refractivity (Wildman–Crippen MR) is 98.2 cm³/mol. The molecule has 138 valence electrons. The number of pyridine rings is 1. The third-order valence-electron chi connectivity index (χ3n) is 4.16. The summed E-state index contributed by atoms with van der Waals surface area (Å²) in [5.41, 5.74) is 0.916. The summed E-state index contributed by atoms with van der Waals surface area (Å²) in [6.07, 6.45) is 2.51. The van der Waals surface area contributed by atoms with E-state index in [1.165, 1.54) is 4.57 Å². The van der Waals surface area contributed by atoms with Gasteiger partial charge < -0.3 is 5.11 Å². The van der Waals surface area contributed by atoms with Gasteiger partial charge in [0, 0.05) is 30.4 Å². The number of aryl methyl sites for hydroxylation is 2. The summed E-state index contributed by atoms with van der Waals surface area (Å²) >= 11 is 0. The number of hydrogen-bond donors (Lipinski definition) is 1. The fraction of sp³-hybridized carbons (Fsp3) is 0.500. The molecule has 0 bridgehead atoms. The van der Waals surface area contributed by atoms with Gasteiger partial charge in [-0.15, -0.1) is 10.2 Å². The summed E-state index contributed by atoms with van der Waals surface area (Å²) in [5.74, 6) is 0.0897. The number of rotatable bonds is 7. The Kier molecular flexibility index (Phi) is 6.28. The number of hydrogen-bond acceptors (Lipinski definition) is 6. The molecule has 0 fully saturated rings. The number of aromatic nitrogens is 3. The van der Waals surface area contributed by atoms with Crippen molar-refractivity contribution in [1.29, 1.82) is 5.26 Å². The van der Waals surface area contributed by atoms with Crippen molar-refractivity contribution >= 4 is 11.5 Å². The lowest BCUT2D eigenvalue weighted by molar-refractivity contribution is 0.399. The van der Waals surface area contributed by atoms with Crippen molar-refractivity contribution in [2.75, 3.05) is 0 Å². The van der Waals surface area contributed by atoms with Gasteiger partial charge in [0.05, 0.1) is 0 Å². The van der Waals surface area contributed by atoms with E-state index in [1.54, 1.807) is 13.0 Å². The Morgan fingerprint density at radius 2 is 1.96 bits per heavy atom. The van der Waals surface area contributed by atoms with Gasteiger partial charge in [0.15, 0.2) is 11.5 Å². The number of aromatic hydroxyl groups is 1. The average Bonchev–Trinajstić information content (AvgIpc) is 2.95. The Hall–Kier alpha value is -2.95. The van der Waals surface area contributed by atoms with E-state index in [4.69, 9.17) is 0 Å². The van der Waals surface area contributed by atoms with Gasteiger partial charge >= 0.3 is 0 Å². The molecule has 0 aliphatic carbocycles. The van der Waals surface area contributed by atoms with E-state index < -0.39 is 5.56 Å². The molecule has 0 saturated heterocycles. The highest BCUT2D eigenvalue weighted by molar-refractivity contribution is 5.56. The molecule has 0 aromatic carbocycles.